The molecule has 0 radical (unpaired) electrons. The molecule has 0 aliphatic rings. The van der Waals surface area contributed by atoms with Crippen LogP contribution in [-0.2, 0) is 11.3 Å². The number of halogens is 1. The minimum absolute atomic E-state index is 0.266. The van der Waals surface area contributed by atoms with E-state index < -0.39 is 6.04 Å². The van der Waals surface area contributed by atoms with Gasteiger partial charge in [0.15, 0.2) is 0 Å². The van der Waals surface area contributed by atoms with Gasteiger partial charge in [0.25, 0.3) is 5.91 Å². The first kappa shape index (κ1) is 19.7. The van der Waals surface area contributed by atoms with Gasteiger partial charge in [0, 0.05) is 12.1 Å². The number of rotatable bonds is 6. The molecule has 144 valence electrons. The maximum atomic E-state index is 13.1. The van der Waals surface area contributed by atoms with Crippen LogP contribution in [0.5, 0.6) is 0 Å². The number of benzene rings is 2. The van der Waals surface area contributed by atoms with E-state index >= 15 is 0 Å². The molecule has 2 aromatic carbocycles. The van der Waals surface area contributed by atoms with Crippen LogP contribution < -0.4 is 10.6 Å². The lowest BCUT2D eigenvalue weighted by Gasteiger charge is -2.13. The molecular formula is C21H20FN3O2S. The Bertz CT molecular complexity index is 971. The minimum atomic E-state index is -0.688. The van der Waals surface area contributed by atoms with Crippen LogP contribution in [0, 0.1) is 12.7 Å². The van der Waals surface area contributed by atoms with Crippen LogP contribution in [0.3, 0.4) is 0 Å². The van der Waals surface area contributed by atoms with Crippen molar-refractivity contribution in [2.45, 2.75) is 26.4 Å². The summed E-state index contributed by atoms with van der Waals surface area (Å²) in [6, 6.07) is 14.8. The van der Waals surface area contributed by atoms with Gasteiger partial charge in [-0.2, -0.15) is 0 Å². The van der Waals surface area contributed by atoms with Crippen LogP contribution in [0.1, 0.15) is 27.9 Å². The zero-order chi connectivity index (χ0) is 20.1. The lowest BCUT2D eigenvalue weighted by Crippen LogP contribution is -2.44. The number of thiazole rings is 1. The smallest absolute Gasteiger partial charge is 0.263 e. The zero-order valence-corrected chi connectivity index (χ0v) is 16.3. The summed E-state index contributed by atoms with van der Waals surface area (Å²) >= 11 is 1.21. The molecule has 0 saturated heterocycles. The van der Waals surface area contributed by atoms with Crippen molar-refractivity contribution in [2.24, 2.45) is 0 Å². The summed E-state index contributed by atoms with van der Waals surface area (Å²) in [6.07, 6.45) is 0. The minimum Gasteiger partial charge on any atom is -0.350 e. The van der Waals surface area contributed by atoms with Crippen molar-refractivity contribution in [1.29, 1.82) is 0 Å². The second-order valence-electron chi connectivity index (χ2n) is 6.34. The highest BCUT2D eigenvalue weighted by Crippen LogP contribution is 2.28. The molecule has 0 saturated carbocycles. The Morgan fingerprint density at radius 3 is 2.46 bits per heavy atom. The van der Waals surface area contributed by atoms with Gasteiger partial charge in [0.2, 0.25) is 5.91 Å². The first-order valence-electron chi connectivity index (χ1n) is 8.80. The SMILES string of the molecule is Cc1nc(-c2ccc(F)cc2)sc1C(=O)NC(C)C(=O)NCc1ccccc1. The maximum absolute atomic E-state index is 13.1. The molecule has 0 aliphatic heterocycles. The summed E-state index contributed by atoms with van der Waals surface area (Å²) in [5.41, 5.74) is 2.29. The summed E-state index contributed by atoms with van der Waals surface area (Å²) in [6.45, 7) is 3.77. The molecule has 3 rings (SSSR count). The van der Waals surface area contributed by atoms with Crippen LogP contribution in [0.15, 0.2) is 54.6 Å². The van der Waals surface area contributed by atoms with Crippen LogP contribution >= 0.6 is 11.3 Å². The number of carbonyl (C=O) groups is 2. The molecule has 1 aromatic heterocycles. The molecule has 7 heteroatoms. The molecule has 28 heavy (non-hydrogen) atoms. The highest BCUT2D eigenvalue weighted by atomic mass is 32.1. The van der Waals surface area contributed by atoms with Gasteiger partial charge in [-0.1, -0.05) is 30.3 Å². The number of aromatic nitrogens is 1. The molecular weight excluding hydrogens is 377 g/mol. The van der Waals surface area contributed by atoms with Crippen LogP contribution in [0.4, 0.5) is 4.39 Å². The molecule has 2 N–H and O–H groups in total. The van der Waals surface area contributed by atoms with Crippen LogP contribution in [-0.4, -0.2) is 22.8 Å². The Morgan fingerprint density at radius 2 is 1.79 bits per heavy atom. The van der Waals surface area contributed by atoms with E-state index in [0.717, 1.165) is 11.1 Å². The monoisotopic (exact) mass is 397 g/mol. The van der Waals surface area contributed by atoms with Crippen molar-refractivity contribution in [1.82, 2.24) is 15.6 Å². The quantitative estimate of drug-likeness (QED) is 0.666. The third-order valence-electron chi connectivity index (χ3n) is 4.14. The van der Waals surface area contributed by atoms with Crippen LogP contribution in [0.2, 0.25) is 0 Å². The second-order valence-corrected chi connectivity index (χ2v) is 7.34. The fourth-order valence-electron chi connectivity index (χ4n) is 2.59. The molecule has 0 bridgehead atoms. The third-order valence-corrected chi connectivity index (χ3v) is 5.35. The topological polar surface area (TPSA) is 71.1 Å². The molecule has 3 aromatic rings. The third kappa shape index (κ3) is 4.80. The number of amides is 2. The standard InChI is InChI=1S/C21H20FN3O2S/c1-13-18(28-21(25-13)16-8-10-17(22)11-9-16)20(27)24-14(2)19(26)23-12-15-6-4-3-5-7-15/h3-11,14H,12H2,1-2H3,(H,23,26)(H,24,27). The van der Waals surface area contributed by atoms with E-state index in [0.29, 0.717) is 22.1 Å². The highest BCUT2D eigenvalue weighted by Gasteiger charge is 2.21. The van der Waals surface area contributed by atoms with Gasteiger partial charge in [0.1, 0.15) is 21.7 Å². The van der Waals surface area contributed by atoms with Gasteiger partial charge in [-0.05, 0) is 43.7 Å². The van der Waals surface area contributed by atoms with E-state index in [1.165, 1.54) is 23.5 Å². The lowest BCUT2D eigenvalue weighted by atomic mass is 10.2. The van der Waals surface area contributed by atoms with Crippen molar-refractivity contribution < 1.29 is 14.0 Å². The molecule has 0 fully saturated rings. The molecule has 1 unspecified atom stereocenters. The first-order valence-corrected chi connectivity index (χ1v) is 9.61. The summed E-state index contributed by atoms with van der Waals surface area (Å²) in [5.74, 6) is -0.950. The molecule has 0 spiro atoms. The Balaban J connectivity index is 1.62. The van der Waals surface area contributed by atoms with E-state index in [9.17, 15) is 14.0 Å². The Labute approximate surface area is 166 Å². The van der Waals surface area contributed by atoms with Crippen molar-refractivity contribution >= 4 is 23.2 Å². The predicted octanol–water partition coefficient (Wildman–Crippen LogP) is 3.69. The fraction of sp³-hybridized carbons (Fsp3) is 0.190. The number of hydrogen-bond donors (Lipinski definition) is 2. The number of carbonyl (C=O) groups excluding carboxylic acids is 2. The van der Waals surface area contributed by atoms with Crippen molar-refractivity contribution in [3.05, 3.63) is 76.5 Å². The van der Waals surface area contributed by atoms with E-state index in [2.05, 4.69) is 15.6 Å². The predicted molar refractivity (Wildman–Crippen MR) is 107 cm³/mol. The average molecular weight is 397 g/mol. The molecule has 2 amide bonds. The molecule has 0 aliphatic carbocycles. The first-order chi connectivity index (χ1) is 13.4. The lowest BCUT2D eigenvalue weighted by molar-refractivity contribution is -0.122. The fourth-order valence-corrected chi connectivity index (χ4v) is 3.56. The van der Waals surface area contributed by atoms with Gasteiger partial charge in [-0.3, -0.25) is 9.59 Å². The number of hydrogen-bond acceptors (Lipinski definition) is 4. The van der Waals surface area contributed by atoms with Crippen LogP contribution in [0.25, 0.3) is 10.6 Å². The Kier molecular flexibility index (Phi) is 6.16. The Morgan fingerprint density at radius 1 is 1.11 bits per heavy atom. The van der Waals surface area contributed by atoms with E-state index in [-0.39, 0.29) is 17.6 Å². The van der Waals surface area contributed by atoms with Gasteiger partial charge in [-0.25, -0.2) is 9.37 Å². The number of nitrogens with one attached hydrogen (secondary N) is 2. The number of nitrogens with zero attached hydrogens (tertiary/aromatic N) is 1. The van der Waals surface area contributed by atoms with Gasteiger partial charge in [-0.15, -0.1) is 11.3 Å². The van der Waals surface area contributed by atoms with E-state index in [1.807, 2.05) is 30.3 Å². The van der Waals surface area contributed by atoms with Crippen molar-refractivity contribution in [2.75, 3.05) is 0 Å². The van der Waals surface area contributed by atoms with Gasteiger partial charge >= 0.3 is 0 Å². The highest BCUT2D eigenvalue weighted by molar-refractivity contribution is 7.17. The van der Waals surface area contributed by atoms with Gasteiger partial charge in [0.05, 0.1) is 5.69 Å². The van der Waals surface area contributed by atoms with E-state index in [1.54, 1.807) is 26.0 Å². The molecule has 1 heterocycles. The molecule has 1 atom stereocenters. The summed E-state index contributed by atoms with van der Waals surface area (Å²) < 4.78 is 13.1. The van der Waals surface area contributed by atoms with Gasteiger partial charge < -0.3 is 10.6 Å². The number of aryl methyl sites for hydroxylation is 1. The van der Waals surface area contributed by atoms with E-state index in [4.69, 9.17) is 0 Å². The molecule has 5 nitrogen and oxygen atoms in total. The second kappa shape index (κ2) is 8.75. The summed E-state index contributed by atoms with van der Waals surface area (Å²) in [4.78, 5) is 29.7. The zero-order valence-electron chi connectivity index (χ0n) is 15.5. The summed E-state index contributed by atoms with van der Waals surface area (Å²) in [5, 5.41) is 6.14. The maximum Gasteiger partial charge on any atom is 0.263 e. The Hall–Kier alpha value is -3.06. The average Bonchev–Trinajstić information content (AvgIpc) is 3.09. The van der Waals surface area contributed by atoms with Crippen molar-refractivity contribution in [3.63, 3.8) is 0 Å². The largest absolute Gasteiger partial charge is 0.350 e. The van der Waals surface area contributed by atoms with Crippen molar-refractivity contribution in [3.8, 4) is 10.6 Å². The normalized spacial score (nSPS) is 11.7. The summed E-state index contributed by atoms with van der Waals surface area (Å²) in [7, 11) is 0.